The number of nitrogens with zero attached hydrogens (tertiary/aromatic N) is 2. The lowest BCUT2D eigenvalue weighted by molar-refractivity contribution is -0.255. The summed E-state index contributed by atoms with van der Waals surface area (Å²) >= 11 is 0. The Hall–Kier alpha value is -1.88. The van der Waals surface area contributed by atoms with E-state index in [-0.39, 0.29) is 24.1 Å². The van der Waals surface area contributed by atoms with Gasteiger partial charge in [-0.25, -0.2) is 4.79 Å². The third-order valence-corrected chi connectivity index (χ3v) is 4.36. The van der Waals surface area contributed by atoms with Crippen LogP contribution in [0.5, 0.6) is 0 Å². The van der Waals surface area contributed by atoms with Crippen molar-refractivity contribution in [3.63, 3.8) is 0 Å². The molecule has 1 aromatic rings. The average Bonchev–Trinajstić information content (AvgIpc) is 2.41. The van der Waals surface area contributed by atoms with E-state index >= 15 is 0 Å². The van der Waals surface area contributed by atoms with Crippen molar-refractivity contribution in [2.75, 3.05) is 14.1 Å². The summed E-state index contributed by atoms with van der Waals surface area (Å²) in [7, 11) is 3.21. The zero-order valence-corrected chi connectivity index (χ0v) is 12.1. The highest BCUT2D eigenvalue weighted by molar-refractivity contribution is 6.02. The van der Waals surface area contributed by atoms with Gasteiger partial charge in [-0.2, -0.15) is 0 Å². The molecular formula is C15H18N2O3. The minimum absolute atomic E-state index is 0.243. The van der Waals surface area contributed by atoms with Crippen molar-refractivity contribution < 1.29 is 14.3 Å². The highest BCUT2D eigenvalue weighted by atomic mass is 16.6. The van der Waals surface area contributed by atoms with Crippen LogP contribution in [-0.2, 0) is 9.53 Å². The van der Waals surface area contributed by atoms with Crippen LogP contribution in [0.1, 0.15) is 24.2 Å². The van der Waals surface area contributed by atoms with E-state index in [1.165, 1.54) is 12.6 Å². The molecule has 3 rings (SSSR count). The second-order valence-corrected chi connectivity index (χ2v) is 5.76. The monoisotopic (exact) mass is 274 g/mol. The number of imide groups is 1. The molecule has 0 spiro atoms. The van der Waals surface area contributed by atoms with Crippen LogP contribution in [0.15, 0.2) is 24.3 Å². The summed E-state index contributed by atoms with van der Waals surface area (Å²) in [5.74, 6) is -0.269. The van der Waals surface area contributed by atoms with Crippen molar-refractivity contribution in [2.24, 2.45) is 0 Å². The number of fused-ring (bicyclic) bond motifs is 1. The number of aryl methyl sites for hydroxylation is 1. The van der Waals surface area contributed by atoms with Gasteiger partial charge < -0.3 is 9.64 Å². The molecule has 0 bridgehead atoms. The van der Waals surface area contributed by atoms with Crippen molar-refractivity contribution in [1.82, 2.24) is 9.80 Å². The van der Waals surface area contributed by atoms with E-state index in [1.807, 2.05) is 31.2 Å². The molecule has 0 aliphatic carbocycles. The Kier molecular flexibility index (Phi) is 2.66. The molecule has 5 nitrogen and oxygen atoms in total. The smallest absolute Gasteiger partial charge is 0.326 e. The number of hydrogen-bond donors (Lipinski definition) is 0. The first-order valence-electron chi connectivity index (χ1n) is 6.65. The maximum Gasteiger partial charge on any atom is 0.326 e. The third-order valence-electron chi connectivity index (χ3n) is 4.36. The van der Waals surface area contributed by atoms with Gasteiger partial charge >= 0.3 is 6.03 Å². The summed E-state index contributed by atoms with van der Waals surface area (Å²) in [5.41, 5.74) is 1.22. The minimum atomic E-state index is -0.938. The second-order valence-electron chi connectivity index (χ2n) is 5.76. The maximum atomic E-state index is 12.2. The van der Waals surface area contributed by atoms with Crippen LogP contribution in [0.3, 0.4) is 0 Å². The number of ether oxygens (including phenoxy) is 1. The predicted octanol–water partition coefficient (Wildman–Crippen LogP) is 1.72. The van der Waals surface area contributed by atoms with E-state index in [0.717, 1.165) is 10.5 Å². The first-order chi connectivity index (χ1) is 9.36. The first-order valence-corrected chi connectivity index (χ1v) is 6.65. The van der Waals surface area contributed by atoms with E-state index < -0.39 is 5.60 Å². The zero-order chi connectivity index (χ0) is 14.7. The van der Waals surface area contributed by atoms with Gasteiger partial charge in [0.05, 0.1) is 0 Å². The second kappa shape index (κ2) is 4.06. The normalized spacial score (nSPS) is 33.0. The summed E-state index contributed by atoms with van der Waals surface area (Å²) in [5, 5.41) is 0. The molecular weight excluding hydrogens is 256 g/mol. The molecule has 0 N–H and O–H groups in total. The molecule has 20 heavy (non-hydrogen) atoms. The molecule has 1 aromatic carbocycles. The molecule has 2 saturated heterocycles. The quantitative estimate of drug-likeness (QED) is 0.783. The summed E-state index contributed by atoms with van der Waals surface area (Å²) < 4.78 is 5.87. The standard InChI is InChI=1S/C15H18N2O3/c1-9-5-7-10(8-6-9)11-12-15(2,20-11)13(18)17(4)14(19)16(12)3/h5-8,11-12H,1-4H3/t11-,12-,15+/m0/s1. The Bertz CT molecular complexity index is 583. The van der Waals surface area contributed by atoms with E-state index in [2.05, 4.69) is 0 Å². The van der Waals surface area contributed by atoms with E-state index in [1.54, 1.807) is 18.9 Å². The fourth-order valence-electron chi connectivity index (χ4n) is 3.15. The fourth-order valence-corrected chi connectivity index (χ4v) is 3.15. The Balaban J connectivity index is 1.95. The van der Waals surface area contributed by atoms with Gasteiger partial charge in [-0.15, -0.1) is 0 Å². The number of rotatable bonds is 1. The number of hydrogen-bond acceptors (Lipinski definition) is 3. The number of carbonyl (C=O) groups excluding carboxylic acids is 2. The van der Waals surface area contributed by atoms with Crippen LogP contribution < -0.4 is 0 Å². The summed E-state index contributed by atoms with van der Waals surface area (Å²) in [6, 6.07) is 7.46. The number of urea groups is 1. The third kappa shape index (κ3) is 1.53. The maximum absolute atomic E-state index is 12.2. The van der Waals surface area contributed by atoms with E-state index in [9.17, 15) is 9.59 Å². The topological polar surface area (TPSA) is 49.9 Å². The van der Waals surface area contributed by atoms with Crippen LogP contribution in [0, 0.1) is 6.92 Å². The van der Waals surface area contributed by atoms with Crippen molar-refractivity contribution in [2.45, 2.75) is 31.6 Å². The summed E-state index contributed by atoms with van der Waals surface area (Å²) in [4.78, 5) is 27.1. The molecule has 0 aromatic heterocycles. The highest BCUT2D eigenvalue weighted by Gasteiger charge is 2.65. The lowest BCUT2D eigenvalue weighted by Crippen LogP contribution is -2.76. The zero-order valence-electron chi connectivity index (χ0n) is 12.1. The van der Waals surface area contributed by atoms with Crippen LogP contribution in [0.2, 0.25) is 0 Å². The number of likely N-dealkylation sites (N-methyl/N-ethyl adjacent to an activating group) is 2. The first kappa shape index (κ1) is 13.1. The Labute approximate surface area is 118 Å². The van der Waals surface area contributed by atoms with Crippen molar-refractivity contribution in [1.29, 1.82) is 0 Å². The van der Waals surface area contributed by atoms with Gasteiger partial charge in [-0.1, -0.05) is 29.8 Å². The lowest BCUT2D eigenvalue weighted by atomic mass is 9.78. The molecule has 2 aliphatic heterocycles. The van der Waals surface area contributed by atoms with E-state index in [0.29, 0.717) is 0 Å². The summed E-state index contributed by atoms with van der Waals surface area (Å²) in [6.07, 6.45) is -0.243. The Morgan fingerprint density at radius 2 is 1.75 bits per heavy atom. The molecule has 0 saturated carbocycles. The summed E-state index contributed by atoms with van der Waals surface area (Å²) in [6.45, 7) is 3.77. The molecule has 2 aliphatic rings. The van der Waals surface area contributed by atoms with Crippen LogP contribution >= 0.6 is 0 Å². The Morgan fingerprint density at radius 1 is 1.15 bits per heavy atom. The van der Waals surface area contributed by atoms with Crippen molar-refractivity contribution in [3.05, 3.63) is 35.4 Å². The molecule has 3 atom stereocenters. The lowest BCUT2D eigenvalue weighted by Gasteiger charge is -2.58. The minimum Gasteiger partial charge on any atom is -0.353 e. The predicted molar refractivity (Wildman–Crippen MR) is 73.1 cm³/mol. The van der Waals surface area contributed by atoms with Crippen LogP contribution in [-0.4, -0.2) is 47.5 Å². The van der Waals surface area contributed by atoms with E-state index in [4.69, 9.17) is 4.74 Å². The number of amides is 3. The van der Waals surface area contributed by atoms with Gasteiger partial charge in [-0.05, 0) is 19.4 Å². The van der Waals surface area contributed by atoms with Gasteiger partial charge in [0.25, 0.3) is 5.91 Å². The SMILES string of the molecule is Cc1ccc([C@@H]2O[C@@]3(C)C(=O)N(C)C(=O)N(C)[C@@H]23)cc1. The number of carbonyl (C=O) groups is 2. The molecule has 2 heterocycles. The molecule has 3 amide bonds. The average molecular weight is 274 g/mol. The Morgan fingerprint density at radius 3 is 2.35 bits per heavy atom. The fraction of sp³-hybridized carbons (Fsp3) is 0.467. The highest BCUT2D eigenvalue weighted by Crippen LogP contribution is 2.49. The van der Waals surface area contributed by atoms with Crippen LogP contribution in [0.25, 0.3) is 0 Å². The largest absolute Gasteiger partial charge is 0.353 e. The molecule has 106 valence electrons. The van der Waals surface area contributed by atoms with Crippen LogP contribution in [0.4, 0.5) is 4.79 Å². The van der Waals surface area contributed by atoms with Crippen molar-refractivity contribution in [3.8, 4) is 0 Å². The van der Waals surface area contributed by atoms with Gasteiger partial charge in [0.2, 0.25) is 0 Å². The number of benzene rings is 1. The van der Waals surface area contributed by atoms with Gasteiger partial charge in [0.15, 0.2) is 5.60 Å². The van der Waals surface area contributed by atoms with Gasteiger partial charge in [0, 0.05) is 14.1 Å². The van der Waals surface area contributed by atoms with Crippen molar-refractivity contribution >= 4 is 11.9 Å². The van der Waals surface area contributed by atoms with Gasteiger partial charge in [0.1, 0.15) is 12.1 Å². The van der Waals surface area contributed by atoms with Gasteiger partial charge in [-0.3, -0.25) is 9.69 Å². The molecule has 5 heteroatoms. The molecule has 0 radical (unpaired) electrons. The molecule has 2 fully saturated rings. The molecule has 0 unspecified atom stereocenters.